The molecule has 3 unspecified atom stereocenters. The minimum atomic E-state index is -1.40. The molecule has 0 aliphatic carbocycles. The second-order valence-corrected chi connectivity index (χ2v) is 7.11. The Morgan fingerprint density at radius 3 is 2.75 bits per heavy atom. The molecule has 2 N–H and O–H groups in total. The van der Waals surface area contributed by atoms with Crippen LogP contribution < -0.4 is 4.74 Å². The van der Waals surface area contributed by atoms with Crippen LogP contribution in [0.3, 0.4) is 0 Å². The van der Waals surface area contributed by atoms with Crippen LogP contribution in [0.25, 0.3) is 0 Å². The predicted molar refractivity (Wildman–Crippen MR) is 90.5 cm³/mol. The van der Waals surface area contributed by atoms with E-state index in [0.29, 0.717) is 17.2 Å². The lowest BCUT2D eigenvalue weighted by Gasteiger charge is -2.35. The standard InChI is InChI=1S/C17H18ClFO4S/c18-11-3-1-10(2-4-11)7-16-14(5-6-24-16)22-17-13(21)8-12(19)15(9-20)23-17/h1-6,12-13,15,17,20-21H,7-9H2/t12?,13?,15?,17-/m0/s1. The Morgan fingerprint density at radius 1 is 1.29 bits per heavy atom. The van der Waals surface area contributed by atoms with Gasteiger partial charge in [0.25, 0.3) is 0 Å². The van der Waals surface area contributed by atoms with Crippen LogP contribution in [0.15, 0.2) is 35.7 Å². The summed E-state index contributed by atoms with van der Waals surface area (Å²) in [5.41, 5.74) is 1.08. The largest absolute Gasteiger partial charge is 0.461 e. The van der Waals surface area contributed by atoms with Gasteiger partial charge in [-0.25, -0.2) is 4.39 Å². The van der Waals surface area contributed by atoms with E-state index in [-0.39, 0.29) is 6.42 Å². The van der Waals surface area contributed by atoms with E-state index in [1.165, 1.54) is 11.3 Å². The average molecular weight is 373 g/mol. The number of rotatable bonds is 5. The smallest absolute Gasteiger partial charge is 0.226 e. The lowest BCUT2D eigenvalue weighted by molar-refractivity contribution is -0.229. The molecule has 2 heterocycles. The Balaban J connectivity index is 1.70. The third-order valence-electron chi connectivity index (χ3n) is 3.90. The molecular formula is C17H18ClFO4S. The van der Waals surface area contributed by atoms with Gasteiger partial charge in [0.05, 0.1) is 11.5 Å². The molecule has 4 atom stereocenters. The fourth-order valence-corrected chi connectivity index (χ4v) is 3.55. The molecule has 0 amide bonds. The van der Waals surface area contributed by atoms with Crippen LogP contribution in [-0.2, 0) is 11.2 Å². The summed E-state index contributed by atoms with van der Waals surface area (Å²) < 4.78 is 24.7. The van der Waals surface area contributed by atoms with Gasteiger partial charge in [-0.1, -0.05) is 23.7 Å². The van der Waals surface area contributed by atoms with E-state index in [0.717, 1.165) is 10.4 Å². The molecule has 24 heavy (non-hydrogen) atoms. The van der Waals surface area contributed by atoms with Gasteiger partial charge < -0.3 is 19.7 Å². The van der Waals surface area contributed by atoms with Crippen molar-refractivity contribution in [1.82, 2.24) is 0 Å². The highest BCUT2D eigenvalue weighted by Gasteiger charge is 2.38. The van der Waals surface area contributed by atoms with E-state index in [4.69, 9.17) is 26.2 Å². The van der Waals surface area contributed by atoms with Crippen LogP contribution in [0, 0.1) is 0 Å². The highest BCUT2D eigenvalue weighted by Crippen LogP contribution is 2.32. The predicted octanol–water partition coefficient (Wildman–Crippen LogP) is 3.18. The molecule has 0 spiro atoms. The molecule has 2 aromatic rings. The zero-order chi connectivity index (χ0) is 17.1. The maximum absolute atomic E-state index is 13.6. The second kappa shape index (κ2) is 7.80. The van der Waals surface area contributed by atoms with E-state index >= 15 is 0 Å². The Morgan fingerprint density at radius 2 is 2.04 bits per heavy atom. The molecule has 4 nitrogen and oxygen atoms in total. The molecule has 1 aromatic carbocycles. The van der Waals surface area contributed by atoms with Crippen molar-refractivity contribution < 1.29 is 24.1 Å². The molecule has 3 rings (SSSR count). The number of benzene rings is 1. The summed E-state index contributed by atoms with van der Waals surface area (Å²) >= 11 is 7.42. The summed E-state index contributed by atoms with van der Waals surface area (Å²) in [7, 11) is 0. The van der Waals surface area contributed by atoms with E-state index < -0.39 is 31.3 Å². The number of ether oxygens (including phenoxy) is 2. The van der Waals surface area contributed by atoms with Gasteiger partial charge in [0.1, 0.15) is 24.1 Å². The summed E-state index contributed by atoms with van der Waals surface area (Å²) in [6.07, 6.45) is -3.91. The molecule has 1 fully saturated rings. The number of aliphatic hydroxyl groups is 2. The highest BCUT2D eigenvalue weighted by atomic mass is 35.5. The van der Waals surface area contributed by atoms with Crippen LogP contribution in [0.1, 0.15) is 16.9 Å². The van der Waals surface area contributed by atoms with Gasteiger partial charge in [-0.2, -0.15) is 0 Å². The number of aliphatic hydroxyl groups excluding tert-OH is 2. The first-order valence-corrected chi connectivity index (χ1v) is 8.88. The van der Waals surface area contributed by atoms with Crippen molar-refractivity contribution >= 4 is 22.9 Å². The topological polar surface area (TPSA) is 58.9 Å². The van der Waals surface area contributed by atoms with Crippen molar-refractivity contribution in [2.45, 2.75) is 37.5 Å². The average Bonchev–Trinajstić information content (AvgIpc) is 2.99. The van der Waals surface area contributed by atoms with Crippen LogP contribution >= 0.6 is 22.9 Å². The fourth-order valence-electron chi connectivity index (χ4n) is 2.58. The Labute approximate surface area is 148 Å². The zero-order valence-corrected chi connectivity index (χ0v) is 14.3. The minimum Gasteiger partial charge on any atom is -0.461 e. The SMILES string of the molecule is OCC1O[C@H](Oc2ccsc2Cc2ccc(Cl)cc2)C(O)CC1F. The summed E-state index contributed by atoms with van der Waals surface area (Å²) in [5.74, 6) is 0.591. The van der Waals surface area contributed by atoms with E-state index in [1.54, 1.807) is 6.07 Å². The van der Waals surface area contributed by atoms with Gasteiger partial charge in [-0.05, 0) is 29.1 Å². The van der Waals surface area contributed by atoms with E-state index in [9.17, 15) is 9.50 Å². The molecule has 7 heteroatoms. The highest BCUT2D eigenvalue weighted by molar-refractivity contribution is 7.10. The Kier molecular flexibility index (Phi) is 5.73. The lowest BCUT2D eigenvalue weighted by Crippen LogP contribution is -2.49. The molecule has 0 bridgehead atoms. The van der Waals surface area contributed by atoms with E-state index in [1.807, 2.05) is 29.6 Å². The Hall–Kier alpha value is -1.18. The molecule has 1 aliphatic rings. The molecule has 1 saturated heterocycles. The molecule has 1 aliphatic heterocycles. The number of alkyl halides is 1. The van der Waals surface area contributed by atoms with Crippen LogP contribution in [-0.4, -0.2) is 41.5 Å². The molecule has 0 radical (unpaired) electrons. The van der Waals surface area contributed by atoms with Crippen molar-refractivity contribution in [2.75, 3.05) is 6.61 Å². The Bertz CT molecular complexity index is 663. The van der Waals surface area contributed by atoms with Crippen molar-refractivity contribution in [1.29, 1.82) is 0 Å². The third kappa shape index (κ3) is 4.07. The number of hydrogen-bond donors (Lipinski definition) is 2. The van der Waals surface area contributed by atoms with Crippen molar-refractivity contribution in [3.8, 4) is 5.75 Å². The first-order valence-electron chi connectivity index (χ1n) is 7.62. The second-order valence-electron chi connectivity index (χ2n) is 5.67. The molecule has 1 aromatic heterocycles. The van der Waals surface area contributed by atoms with Gasteiger partial charge in [-0.15, -0.1) is 11.3 Å². The van der Waals surface area contributed by atoms with Crippen molar-refractivity contribution in [3.63, 3.8) is 0 Å². The summed E-state index contributed by atoms with van der Waals surface area (Å²) in [4.78, 5) is 0.969. The first kappa shape index (κ1) is 17.6. The van der Waals surface area contributed by atoms with Gasteiger partial charge in [-0.3, -0.25) is 0 Å². The van der Waals surface area contributed by atoms with Crippen LogP contribution in [0.4, 0.5) is 4.39 Å². The maximum Gasteiger partial charge on any atom is 0.226 e. The van der Waals surface area contributed by atoms with Crippen LogP contribution in [0.5, 0.6) is 5.75 Å². The molecule has 0 saturated carbocycles. The van der Waals surface area contributed by atoms with Gasteiger partial charge >= 0.3 is 0 Å². The van der Waals surface area contributed by atoms with Gasteiger partial charge in [0.2, 0.25) is 6.29 Å². The van der Waals surface area contributed by atoms with Crippen molar-refractivity contribution in [3.05, 3.63) is 51.2 Å². The maximum atomic E-state index is 13.6. The van der Waals surface area contributed by atoms with Gasteiger partial charge in [0.15, 0.2) is 0 Å². The van der Waals surface area contributed by atoms with Crippen LogP contribution in [0.2, 0.25) is 5.02 Å². The number of thiophene rings is 1. The third-order valence-corrected chi connectivity index (χ3v) is 5.05. The summed E-state index contributed by atoms with van der Waals surface area (Å²) in [5, 5.41) is 21.7. The summed E-state index contributed by atoms with van der Waals surface area (Å²) in [6.45, 7) is -0.449. The number of hydrogen-bond acceptors (Lipinski definition) is 5. The fraction of sp³-hybridized carbons (Fsp3) is 0.412. The van der Waals surface area contributed by atoms with E-state index in [2.05, 4.69) is 0 Å². The number of halogens is 2. The minimum absolute atomic E-state index is 0.119. The zero-order valence-electron chi connectivity index (χ0n) is 12.8. The normalized spacial score (nSPS) is 27.2. The first-order chi connectivity index (χ1) is 11.6. The monoisotopic (exact) mass is 372 g/mol. The molecular weight excluding hydrogens is 355 g/mol. The lowest BCUT2D eigenvalue weighted by atomic mass is 10.0. The quantitative estimate of drug-likeness (QED) is 0.846. The summed E-state index contributed by atoms with van der Waals surface area (Å²) in [6, 6.07) is 9.32. The molecule has 130 valence electrons. The van der Waals surface area contributed by atoms with Gasteiger partial charge in [0, 0.05) is 17.9 Å². The van der Waals surface area contributed by atoms with Crippen molar-refractivity contribution in [2.24, 2.45) is 0 Å².